The average molecular weight is 214 g/mol. The zero-order valence-electron chi connectivity index (χ0n) is 8.81. The molecule has 0 radical (unpaired) electrons. The van der Waals surface area contributed by atoms with Gasteiger partial charge in [0.05, 0.1) is 0 Å². The average Bonchev–Trinajstić information content (AvgIpc) is 2.65. The molecule has 1 rings (SSSR count). The lowest BCUT2D eigenvalue weighted by molar-refractivity contribution is 0.189. The number of aliphatic hydroxyl groups is 1. The fourth-order valence-corrected chi connectivity index (χ4v) is 2.13. The van der Waals surface area contributed by atoms with E-state index in [1.54, 1.807) is 18.0 Å². The second-order valence-electron chi connectivity index (χ2n) is 3.16. The van der Waals surface area contributed by atoms with E-state index < -0.39 is 6.10 Å². The monoisotopic (exact) mass is 214 g/mol. The molecule has 1 aromatic rings. The van der Waals surface area contributed by atoms with Crippen molar-refractivity contribution in [2.75, 3.05) is 11.5 Å². The predicted molar refractivity (Wildman–Crippen MR) is 60.5 cm³/mol. The normalized spacial score (nSPS) is 13.1. The summed E-state index contributed by atoms with van der Waals surface area (Å²) >= 11 is 1.78. The molecule has 1 aromatic heterocycles. The van der Waals surface area contributed by atoms with E-state index in [0.717, 1.165) is 30.3 Å². The zero-order valence-corrected chi connectivity index (χ0v) is 9.63. The topological polar surface area (TPSA) is 38.1 Å². The SMILES string of the molecule is CCCSCC(O)c1nccn1CC. The Morgan fingerprint density at radius 2 is 2.36 bits per heavy atom. The van der Waals surface area contributed by atoms with Crippen molar-refractivity contribution in [3.63, 3.8) is 0 Å². The minimum atomic E-state index is -0.429. The maximum absolute atomic E-state index is 9.84. The Kier molecular flexibility index (Phi) is 5.04. The largest absolute Gasteiger partial charge is 0.384 e. The first-order valence-electron chi connectivity index (χ1n) is 5.06. The number of nitrogens with zero attached hydrogens (tertiary/aromatic N) is 2. The third-order valence-electron chi connectivity index (χ3n) is 2.01. The molecular weight excluding hydrogens is 196 g/mol. The Labute approximate surface area is 89.5 Å². The molecule has 0 amide bonds. The molecule has 0 aliphatic heterocycles. The lowest BCUT2D eigenvalue weighted by Crippen LogP contribution is -2.09. The number of aryl methyl sites for hydroxylation is 1. The van der Waals surface area contributed by atoms with E-state index in [0.29, 0.717) is 0 Å². The van der Waals surface area contributed by atoms with Gasteiger partial charge in [-0.05, 0) is 19.1 Å². The summed E-state index contributed by atoms with van der Waals surface area (Å²) in [6.07, 6.45) is 4.37. The summed E-state index contributed by atoms with van der Waals surface area (Å²) < 4.78 is 1.98. The van der Waals surface area contributed by atoms with Crippen LogP contribution in [0.1, 0.15) is 32.2 Å². The molecule has 0 fully saturated rings. The van der Waals surface area contributed by atoms with Crippen LogP contribution in [0.2, 0.25) is 0 Å². The Balaban J connectivity index is 2.47. The zero-order chi connectivity index (χ0) is 10.4. The standard InChI is InChI=1S/C10H18N2OS/c1-3-7-14-8-9(13)10-11-5-6-12(10)4-2/h5-6,9,13H,3-4,7-8H2,1-2H3. The second-order valence-corrected chi connectivity index (χ2v) is 4.31. The van der Waals surface area contributed by atoms with Crippen molar-refractivity contribution in [2.45, 2.75) is 32.9 Å². The first-order valence-corrected chi connectivity index (χ1v) is 6.21. The van der Waals surface area contributed by atoms with Gasteiger partial charge in [0.1, 0.15) is 11.9 Å². The predicted octanol–water partition coefficient (Wildman–Crippen LogP) is 2.08. The number of imidazole rings is 1. The van der Waals surface area contributed by atoms with E-state index in [-0.39, 0.29) is 0 Å². The van der Waals surface area contributed by atoms with Gasteiger partial charge in [0.15, 0.2) is 0 Å². The molecule has 1 N–H and O–H groups in total. The van der Waals surface area contributed by atoms with Crippen molar-refractivity contribution >= 4 is 11.8 Å². The van der Waals surface area contributed by atoms with Gasteiger partial charge in [0, 0.05) is 24.7 Å². The lowest BCUT2D eigenvalue weighted by atomic mass is 10.4. The molecule has 1 atom stereocenters. The highest BCUT2D eigenvalue weighted by atomic mass is 32.2. The Morgan fingerprint density at radius 3 is 3.00 bits per heavy atom. The van der Waals surface area contributed by atoms with E-state index >= 15 is 0 Å². The van der Waals surface area contributed by atoms with Gasteiger partial charge in [-0.3, -0.25) is 0 Å². The maximum atomic E-state index is 9.84. The molecule has 0 bridgehead atoms. The van der Waals surface area contributed by atoms with E-state index in [4.69, 9.17) is 0 Å². The van der Waals surface area contributed by atoms with Gasteiger partial charge in [-0.15, -0.1) is 0 Å². The summed E-state index contributed by atoms with van der Waals surface area (Å²) in [5.41, 5.74) is 0. The van der Waals surface area contributed by atoms with Gasteiger partial charge >= 0.3 is 0 Å². The molecule has 0 spiro atoms. The quantitative estimate of drug-likeness (QED) is 0.737. The van der Waals surface area contributed by atoms with Crippen molar-refractivity contribution in [3.8, 4) is 0 Å². The van der Waals surface area contributed by atoms with Crippen LogP contribution in [0, 0.1) is 0 Å². The van der Waals surface area contributed by atoms with Crippen molar-refractivity contribution < 1.29 is 5.11 Å². The highest BCUT2D eigenvalue weighted by molar-refractivity contribution is 7.99. The van der Waals surface area contributed by atoms with E-state index in [2.05, 4.69) is 18.8 Å². The summed E-state index contributed by atoms with van der Waals surface area (Å²) in [5.74, 6) is 2.63. The molecular formula is C10H18N2OS. The third-order valence-corrected chi connectivity index (χ3v) is 3.26. The van der Waals surface area contributed by atoms with Crippen molar-refractivity contribution in [1.29, 1.82) is 0 Å². The Hall–Kier alpha value is -0.480. The minimum Gasteiger partial charge on any atom is -0.384 e. The van der Waals surface area contributed by atoms with Crippen LogP contribution in [0.4, 0.5) is 0 Å². The van der Waals surface area contributed by atoms with Crippen LogP contribution in [0.25, 0.3) is 0 Å². The molecule has 1 unspecified atom stereocenters. The first-order chi connectivity index (χ1) is 6.79. The fourth-order valence-electron chi connectivity index (χ4n) is 1.30. The number of hydrogen-bond acceptors (Lipinski definition) is 3. The molecule has 0 aromatic carbocycles. The fraction of sp³-hybridized carbons (Fsp3) is 0.700. The summed E-state index contributed by atoms with van der Waals surface area (Å²) in [6.45, 7) is 5.06. The summed E-state index contributed by atoms with van der Waals surface area (Å²) in [5, 5.41) is 9.84. The van der Waals surface area contributed by atoms with Crippen molar-refractivity contribution in [1.82, 2.24) is 9.55 Å². The third kappa shape index (κ3) is 3.03. The summed E-state index contributed by atoms with van der Waals surface area (Å²) in [6, 6.07) is 0. The molecule has 80 valence electrons. The lowest BCUT2D eigenvalue weighted by Gasteiger charge is -2.11. The molecule has 0 saturated carbocycles. The van der Waals surface area contributed by atoms with E-state index in [1.807, 2.05) is 10.8 Å². The van der Waals surface area contributed by atoms with Crippen LogP contribution in [0.3, 0.4) is 0 Å². The van der Waals surface area contributed by atoms with Crippen LogP contribution >= 0.6 is 11.8 Å². The molecule has 4 heteroatoms. The highest BCUT2D eigenvalue weighted by Gasteiger charge is 2.12. The van der Waals surface area contributed by atoms with E-state index in [1.165, 1.54) is 0 Å². The van der Waals surface area contributed by atoms with E-state index in [9.17, 15) is 5.11 Å². The minimum absolute atomic E-state index is 0.429. The Morgan fingerprint density at radius 1 is 1.57 bits per heavy atom. The van der Waals surface area contributed by atoms with Gasteiger partial charge in [-0.2, -0.15) is 11.8 Å². The Bertz CT molecular complexity index is 262. The maximum Gasteiger partial charge on any atom is 0.138 e. The molecule has 1 heterocycles. The molecule has 0 aliphatic rings. The highest BCUT2D eigenvalue weighted by Crippen LogP contribution is 2.17. The molecule has 3 nitrogen and oxygen atoms in total. The van der Waals surface area contributed by atoms with Crippen LogP contribution in [0.15, 0.2) is 12.4 Å². The number of aliphatic hydroxyl groups excluding tert-OH is 1. The van der Waals surface area contributed by atoms with Gasteiger partial charge in [0.2, 0.25) is 0 Å². The smallest absolute Gasteiger partial charge is 0.138 e. The van der Waals surface area contributed by atoms with Gasteiger partial charge < -0.3 is 9.67 Å². The summed E-state index contributed by atoms with van der Waals surface area (Å²) in [7, 11) is 0. The van der Waals surface area contributed by atoms with Crippen molar-refractivity contribution in [2.24, 2.45) is 0 Å². The molecule has 0 saturated heterocycles. The molecule has 0 aliphatic carbocycles. The van der Waals surface area contributed by atoms with Gasteiger partial charge in [-0.25, -0.2) is 4.98 Å². The van der Waals surface area contributed by atoms with Crippen LogP contribution < -0.4 is 0 Å². The van der Waals surface area contributed by atoms with Gasteiger partial charge in [-0.1, -0.05) is 6.92 Å². The number of aromatic nitrogens is 2. The molecule has 14 heavy (non-hydrogen) atoms. The van der Waals surface area contributed by atoms with Crippen LogP contribution in [-0.2, 0) is 6.54 Å². The number of hydrogen-bond donors (Lipinski definition) is 1. The number of rotatable bonds is 6. The van der Waals surface area contributed by atoms with Crippen molar-refractivity contribution in [3.05, 3.63) is 18.2 Å². The summed E-state index contributed by atoms with van der Waals surface area (Å²) in [4.78, 5) is 4.17. The van der Waals surface area contributed by atoms with Crippen LogP contribution in [0.5, 0.6) is 0 Å². The number of thioether (sulfide) groups is 1. The van der Waals surface area contributed by atoms with Crippen LogP contribution in [-0.4, -0.2) is 26.2 Å². The second kappa shape index (κ2) is 6.09. The first kappa shape index (κ1) is 11.6. The van der Waals surface area contributed by atoms with Gasteiger partial charge in [0.25, 0.3) is 0 Å².